The molecule has 1 heterocycles. The third-order valence-electron chi connectivity index (χ3n) is 4.14. The van der Waals surface area contributed by atoms with Gasteiger partial charge in [0.25, 0.3) is 5.91 Å². The van der Waals surface area contributed by atoms with E-state index in [-0.39, 0.29) is 0 Å². The lowest BCUT2D eigenvalue weighted by molar-refractivity contribution is -0.149. The average Bonchev–Trinajstić information content (AvgIpc) is 2.39. The highest BCUT2D eigenvalue weighted by molar-refractivity contribution is 5.98. The molecule has 0 radical (unpaired) electrons. The molecule has 5 nitrogen and oxygen atoms in total. The largest absolute Gasteiger partial charge is 0.481 e. The lowest BCUT2D eigenvalue weighted by Gasteiger charge is -2.38. The molecule has 0 spiro atoms. The van der Waals surface area contributed by atoms with Crippen molar-refractivity contribution < 1.29 is 14.7 Å². The van der Waals surface area contributed by atoms with Crippen molar-refractivity contribution in [3.05, 3.63) is 29.3 Å². The Labute approximate surface area is 118 Å². The van der Waals surface area contributed by atoms with Crippen LogP contribution in [-0.2, 0) is 4.79 Å². The van der Waals surface area contributed by atoms with E-state index in [1.54, 1.807) is 13.0 Å². The highest BCUT2D eigenvalue weighted by atomic mass is 16.4. The van der Waals surface area contributed by atoms with E-state index in [1.165, 1.54) is 0 Å². The number of anilines is 1. The fraction of sp³-hybridized carbons (Fsp3) is 0.467. The first-order valence-corrected chi connectivity index (χ1v) is 6.72. The van der Waals surface area contributed by atoms with Crippen molar-refractivity contribution in [2.24, 2.45) is 11.1 Å². The Bertz CT molecular complexity index is 546. The van der Waals surface area contributed by atoms with Crippen molar-refractivity contribution in [3.63, 3.8) is 0 Å². The van der Waals surface area contributed by atoms with Crippen LogP contribution in [0.25, 0.3) is 0 Å². The number of primary amides is 1. The number of benzene rings is 1. The molecule has 0 saturated carbocycles. The number of nitrogens with zero attached hydrogens (tertiary/aromatic N) is 1. The van der Waals surface area contributed by atoms with Gasteiger partial charge in [0.15, 0.2) is 0 Å². The van der Waals surface area contributed by atoms with Gasteiger partial charge in [0.05, 0.1) is 11.0 Å². The highest BCUT2D eigenvalue weighted by Crippen LogP contribution is 2.34. The normalized spacial score (nSPS) is 17.8. The van der Waals surface area contributed by atoms with E-state index in [9.17, 15) is 14.7 Å². The standard InChI is InChI=1S/C15H20N2O3/c1-10-3-4-11(13(16)18)12(9-10)17-7-5-15(2,6-8-17)14(19)20/h3-4,9H,5-8H2,1-2H3,(H2,16,18)(H,19,20). The summed E-state index contributed by atoms with van der Waals surface area (Å²) in [5.74, 6) is -1.21. The van der Waals surface area contributed by atoms with Gasteiger partial charge in [-0.1, -0.05) is 6.07 Å². The van der Waals surface area contributed by atoms with E-state index in [0.29, 0.717) is 31.5 Å². The Kier molecular flexibility index (Phi) is 3.70. The van der Waals surface area contributed by atoms with Crippen LogP contribution in [0.15, 0.2) is 18.2 Å². The molecule has 108 valence electrons. The van der Waals surface area contributed by atoms with Gasteiger partial charge in [-0.05, 0) is 44.4 Å². The zero-order valence-corrected chi connectivity index (χ0v) is 11.8. The van der Waals surface area contributed by atoms with Crippen molar-refractivity contribution in [2.75, 3.05) is 18.0 Å². The van der Waals surface area contributed by atoms with Gasteiger partial charge in [0, 0.05) is 18.8 Å². The van der Waals surface area contributed by atoms with E-state index in [4.69, 9.17) is 5.73 Å². The molecule has 0 bridgehead atoms. The van der Waals surface area contributed by atoms with Crippen LogP contribution < -0.4 is 10.6 Å². The minimum absolute atomic E-state index is 0.452. The molecule has 2 rings (SSSR count). The molecule has 1 saturated heterocycles. The van der Waals surface area contributed by atoms with Gasteiger partial charge < -0.3 is 15.7 Å². The molecule has 0 aromatic heterocycles. The van der Waals surface area contributed by atoms with Crippen LogP contribution in [0.3, 0.4) is 0 Å². The zero-order chi connectivity index (χ0) is 14.9. The number of carboxylic acid groups (broad SMARTS) is 1. The van der Waals surface area contributed by atoms with Gasteiger partial charge in [-0.3, -0.25) is 9.59 Å². The molecule has 1 fully saturated rings. The maximum Gasteiger partial charge on any atom is 0.309 e. The topological polar surface area (TPSA) is 83.6 Å². The minimum Gasteiger partial charge on any atom is -0.481 e. The first-order chi connectivity index (χ1) is 9.33. The molecule has 1 aliphatic heterocycles. The van der Waals surface area contributed by atoms with Crippen molar-refractivity contribution in [2.45, 2.75) is 26.7 Å². The first kappa shape index (κ1) is 14.4. The summed E-state index contributed by atoms with van der Waals surface area (Å²) >= 11 is 0. The van der Waals surface area contributed by atoms with Gasteiger partial charge in [0.1, 0.15) is 0 Å². The first-order valence-electron chi connectivity index (χ1n) is 6.72. The van der Waals surface area contributed by atoms with E-state index >= 15 is 0 Å². The third kappa shape index (κ3) is 2.61. The van der Waals surface area contributed by atoms with Gasteiger partial charge in [-0.2, -0.15) is 0 Å². The highest BCUT2D eigenvalue weighted by Gasteiger charge is 2.37. The molecule has 0 aliphatic carbocycles. The van der Waals surface area contributed by atoms with Crippen molar-refractivity contribution in [1.82, 2.24) is 0 Å². The minimum atomic E-state index is -0.753. The molecule has 1 aromatic rings. The van der Waals surface area contributed by atoms with E-state index in [1.807, 2.05) is 19.1 Å². The summed E-state index contributed by atoms with van der Waals surface area (Å²) in [5.41, 5.74) is 7.10. The summed E-state index contributed by atoms with van der Waals surface area (Å²) in [4.78, 5) is 24.8. The number of carbonyl (C=O) groups is 2. The van der Waals surface area contributed by atoms with Crippen LogP contribution in [0.4, 0.5) is 5.69 Å². The maximum absolute atomic E-state index is 11.5. The average molecular weight is 276 g/mol. The summed E-state index contributed by atoms with van der Waals surface area (Å²) in [5, 5.41) is 9.25. The second-order valence-corrected chi connectivity index (χ2v) is 5.74. The number of nitrogens with two attached hydrogens (primary N) is 1. The van der Waals surface area contributed by atoms with Gasteiger partial charge in [0.2, 0.25) is 0 Å². The summed E-state index contributed by atoms with van der Waals surface area (Å²) in [6.07, 6.45) is 1.13. The number of aliphatic carboxylic acids is 1. The molecule has 1 aliphatic rings. The lowest BCUT2D eigenvalue weighted by Crippen LogP contribution is -2.43. The molecule has 20 heavy (non-hydrogen) atoms. The Balaban J connectivity index is 2.25. The molecular weight excluding hydrogens is 256 g/mol. The number of hydrogen-bond donors (Lipinski definition) is 2. The maximum atomic E-state index is 11.5. The number of hydrogen-bond acceptors (Lipinski definition) is 3. The molecule has 5 heteroatoms. The summed E-state index contributed by atoms with van der Waals surface area (Å²) in [6, 6.07) is 5.52. The Morgan fingerprint density at radius 3 is 2.40 bits per heavy atom. The molecular formula is C15H20N2O3. The Hall–Kier alpha value is -2.04. The summed E-state index contributed by atoms with van der Waals surface area (Å²) in [7, 11) is 0. The van der Waals surface area contributed by atoms with Crippen LogP contribution in [0, 0.1) is 12.3 Å². The van der Waals surface area contributed by atoms with E-state index < -0.39 is 17.3 Å². The number of carboxylic acids is 1. The molecule has 0 unspecified atom stereocenters. The predicted molar refractivity (Wildman–Crippen MR) is 76.9 cm³/mol. The fourth-order valence-electron chi connectivity index (χ4n) is 2.57. The van der Waals surface area contributed by atoms with E-state index in [2.05, 4.69) is 4.90 Å². The Morgan fingerprint density at radius 1 is 1.30 bits per heavy atom. The molecule has 1 aromatic carbocycles. The Morgan fingerprint density at radius 2 is 1.90 bits per heavy atom. The quantitative estimate of drug-likeness (QED) is 0.881. The van der Waals surface area contributed by atoms with Crippen LogP contribution in [0.2, 0.25) is 0 Å². The smallest absolute Gasteiger partial charge is 0.309 e. The number of aryl methyl sites for hydroxylation is 1. The van der Waals surface area contributed by atoms with Gasteiger partial charge >= 0.3 is 5.97 Å². The summed E-state index contributed by atoms with van der Waals surface area (Å²) in [6.45, 7) is 4.97. The second kappa shape index (κ2) is 5.15. The molecule has 1 amide bonds. The monoisotopic (exact) mass is 276 g/mol. The van der Waals surface area contributed by atoms with Crippen molar-refractivity contribution in [1.29, 1.82) is 0 Å². The van der Waals surface area contributed by atoms with Crippen molar-refractivity contribution >= 4 is 17.6 Å². The summed E-state index contributed by atoms with van der Waals surface area (Å²) < 4.78 is 0. The lowest BCUT2D eigenvalue weighted by atomic mass is 9.80. The van der Waals surface area contributed by atoms with Crippen LogP contribution in [-0.4, -0.2) is 30.1 Å². The van der Waals surface area contributed by atoms with E-state index in [0.717, 1.165) is 11.3 Å². The fourth-order valence-corrected chi connectivity index (χ4v) is 2.57. The van der Waals surface area contributed by atoms with Crippen LogP contribution in [0.1, 0.15) is 35.7 Å². The number of piperidine rings is 1. The predicted octanol–water partition coefficient (Wildman–Crippen LogP) is 1.79. The van der Waals surface area contributed by atoms with Crippen molar-refractivity contribution in [3.8, 4) is 0 Å². The van der Waals surface area contributed by atoms with Gasteiger partial charge in [-0.15, -0.1) is 0 Å². The van der Waals surface area contributed by atoms with Crippen LogP contribution >= 0.6 is 0 Å². The number of amides is 1. The zero-order valence-electron chi connectivity index (χ0n) is 11.8. The van der Waals surface area contributed by atoms with Gasteiger partial charge in [-0.25, -0.2) is 0 Å². The third-order valence-corrected chi connectivity index (χ3v) is 4.14. The SMILES string of the molecule is Cc1ccc(C(N)=O)c(N2CCC(C)(C(=O)O)CC2)c1. The molecule has 0 atom stereocenters. The molecule has 3 N–H and O–H groups in total. The number of rotatable bonds is 3. The van der Waals surface area contributed by atoms with Crippen LogP contribution in [0.5, 0.6) is 0 Å². The second-order valence-electron chi connectivity index (χ2n) is 5.74. The number of carbonyl (C=O) groups excluding carboxylic acids is 1.